The fourth-order valence-electron chi connectivity index (χ4n) is 2.04. The Morgan fingerprint density at radius 3 is 2.63 bits per heavy atom. The molecular formula is C16H24FNO. The van der Waals surface area contributed by atoms with Crippen molar-refractivity contribution in [3.8, 4) is 0 Å². The largest absolute Gasteiger partial charge is 0.336 e. The van der Waals surface area contributed by atoms with Gasteiger partial charge in [-0.1, -0.05) is 32.4 Å². The smallest absolute Gasteiger partial charge is 0.257 e. The minimum Gasteiger partial charge on any atom is -0.336 e. The summed E-state index contributed by atoms with van der Waals surface area (Å²) in [6.45, 7) is 8.53. The molecule has 0 N–H and O–H groups in total. The molecule has 0 saturated carbocycles. The van der Waals surface area contributed by atoms with Crippen LogP contribution in [0.2, 0.25) is 0 Å². The van der Waals surface area contributed by atoms with Gasteiger partial charge in [0.25, 0.3) is 5.91 Å². The summed E-state index contributed by atoms with van der Waals surface area (Å²) < 4.78 is 14.1. The molecule has 19 heavy (non-hydrogen) atoms. The Morgan fingerprint density at radius 1 is 1.37 bits per heavy atom. The number of hydrogen-bond donors (Lipinski definition) is 0. The summed E-state index contributed by atoms with van der Waals surface area (Å²) in [5.41, 5.74) is 0.710. The molecule has 1 atom stereocenters. The van der Waals surface area contributed by atoms with Crippen molar-refractivity contribution in [2.75, 3.05) is 6.54 Å². The molecule has 106 valence electrons. The van der Waals surface area contributed by atoms with Gasteiger partial charge in [-0.2, -0.15) is 0 Å². The highest BCUT2D eigenvalue weighted by Crippen LogP contribution is 2.17. The summed E-state index contributed by atoms with van der Waals surface area (Å²) >= 11 is 0. The molecule has 1 unspecified atom stereocenters. The van der Waals surface area contributed by atoms with Crippen molar-refractivity contribution in [1.82, 2.24) is 4.90 Å². The molecular weight excluding hydrogens is 241 g/mol. The summed E-state index contributed by atoms with van der Waals surface area (Å²) in [5.74, 6) is -0.582. The maximum Gasteiger partial charge on any atom is 0.257 e. The lowest BCUT2D eigenvalue weighted by Gasteiger charge is -2.29. The minimum atomic E-state index is -0.391. The van der Waals surface area contributed by atoms with E-state index in [1.807, 2.05) is 13.8 Å². The van der Waals surface area contributed by atoms with Crippen molar-refractivity contribution in [2.24, 2.45) is 0 Å². The summed E-state index contributed by atoms with van der Waals surface area (Å²) in [4.78, 5) is 14.3. The molecule has 2 nitrogen and oxygen atoms in total. The number of aryl methyl sites for hydroxylation is 1. The van der Waals surface area contributed by atoms with E-state index in [2.05, 4.69) is 6.92 Å². The molecule has 1 aromatic carbocycles. The zero-order valence-electron chi connectivity index (χ0n) is 12.4. The van der Waals surface area contributed by atoms with Crippen LogP contribution in [0, 0.1) is 12.7 Å². The zero-order chi connectivity index (χ0) is 14.4. The van der Waals surface area contributed by atoms with Crippen LogP contribution in [0.15, 0.2) is 18.2 Å². The van der Waals surface area contributed by atoms with Crippen LogP contribution in [0.5, 0.6) is 0 Å². The first kappa shape index (κ1) is 15.7. The average Bonchev–Trinajstić information content (AvgIpc) is 2.41. The van der Waals surface area contributed by atoms with Crippen LogP contribution in [0.1, 0.15) is 56.0 Å². The zero-order valence-corrected chi connectivity index (χ0v) is 12.4. The molecule has 0 aromatic heterocycles. The van der Waals surface area contributed by atoms with E-state index in [1.54, 1.807) is 30.0 Å². The highest BCUT2D eigenvalue weighted by molar-refractivity contribution is 5.94. The highest BCUT2D eigenvalue weighted by atomic mass is 19.1. The van der Waals surface area contributed by atoms with E-state index in [1.165, 1.54) is 0 Å². The Kier molecular flexibility index (Phi) is 6.00. The van der Waals surface area contributed by atoms with Crippen molar-refractivity contribution in [3.05, 3.63) is 35.1 Å². The summed E-state index contributed by atoms with van der Waals surface area (Å²) in [5, 5.41) is 0. The van der Waals surface area contributed by atoms with Crippen LogP contribution >= 0.6 is 0 Å². The van der Waals surface area contributed by atoms with Crippen LogP contribution in [-0.2, 0) is 0 Å². The molecule has 1 aromatic rings. The van der Waals surface area contributed by atoms with Gasteiger partial charge in [-0.3, -0.25) is 4.79 Å². The lowest BCUT2D eigenvalue weighted by Crippen LogP contribution is -2.39. The maximum absolute atomic E-state index is 14.1. The van der Waals surface area contributed by atoms with E-state index >= 15 is 0 Å². The fourth-order valence-corrected chi connectivity index (χ4v) is 2.04. The van der Waals surface area contributed by atoms with Crippen LogP contribution < -0.4 is 0 Å². The Bertz CT molecular complexity index is 431. The third kappa shape index (κ3) is 3.79. The van der Waals surface area contributed by atoms with Gasteiger partial charge < -0.3 is 4.90 Å². The third-order valence-corrected chi connectivity index (χ3v) is 3.56. The van der Waals surface area contributed by atoms with Gasteiger partial charge in [0.1, 0.15) is 5.82 Å². The summed E-state index contributed by atoms with van der Waals surface area (Å²) in [6, 6.07) is 5.14. The fraction of sp³-hybridized carbons (Fsp3) is 0.562. The standard InChI is InChI=1S/C16H24FNO/c1-5-7-11-18(13(4)6-2)16(19)14-10-8-9-12(3)15(14)17/h8-10,13H,5-7,11H2,1-4H3. The van der Waals surface area contributed by atoms with Gasteiger partial charge in [-0.25, -0.2) is 4.39 Å². The van der Waals surface area contributed by atoms with Crippen LogP contribution in [0.25, 0.3) is 0 Å². The van der Waals surface area contributed by atoms with Crippen molar-refractivity contribution in [3.63, 3.8) is 0 Å². The van der Waals surface area contributed by atoms with Gasteiger partial charge in [-0.15, -0.1) is 0 Å². The first-order valence-electron chi connectivity index (χ1n) is 7.08. The van der Waals surface area contributed by atoms with Crippen molar-refractivity contribution in [1.29, 1.82) is 0 Å². The maximum atomic E-state index is 14.1. The molecule has 0 fully saturated rings. The predicted molar refractivity (Wildman–Crippen MR) is 76.8 cm³/mol. The Labute approximate surface area is 115 Å². The van der Waals surface area contributed by atoms with E-state index in [9.17, 15) is 9.18 Å². The van der Waals surface area contributed by atoms with Crippen molar-refractivity contribution in [2.45, 2.75) is 53.0 Å². The number of amides is 1. The quantitative estimate of drug-likeness (QED) is 0.755. The average molecular weight is 265 g/mol. The lowest BCUT2D eigenvalue weighted by molar-refractivity contribution is 0.0680. The molecule has 0 aliphatic heterocycles. The predicted octanol–water partition coefficient (Wildman–Crippen LogP) is 4.17. The molecule has 0 bridgehead atoms. The molecule has 0 heterocycles. The second-order valence-electron chi connectivity index (χ2n) is 5.05. The molecule has 0 spiro atoms. The molecule has 0 saturated heterocycles. The van der Waals surface area contributed by atoms with Gasteiger partial charge in [0.15, 0.2) is 0 Å². The number of halogens is 1. The molecule has 3 heteroatoms. The molecule has 0 aliphatic carbocycles. The lowest BCUT2D eigenvalue weighted by atomic mass is 10.1. The number of hydrogen-bond acceptors (Lipinski definition) is 1. The summed E-state index contributed by atoms with van der Waals surface area (Å²) in [7, 11) is 0. The monoisotopic (exact) mass is 265 g/mol. The van der Waals surface area contributed by atoms with Crippen molar-refractivity contribution < 1.29 is 9.18 Å². The van der Waals surface area contributed by atoms with E-state index < -0.39 is 5.82 Å². The highest BCUT2D eigenvalue weighted by Gasteiger charge is 2.22. The van der Waals surface area contributed by atoms with Gasteiger partial charge >= 0.3 is 0 Å². The molecule has 0 aliphatic rings. The van der Waals surface area contributed by atoms with E-state index in [0.29, 0.717) is 12.1 Å². The number of carbonyl (C=O) groups is 1. The number of rotatable bonds is 6. The van der Waals surface area contributed by atoms with Gasteiger partial charge in [-0.05, 0) is 38.3 Å². The van der Waals surface area contributed by atoms with Crippen LogP contribution in [0.3, 0.4) is 0 Å². The number of carbonyl (C=O) groups excluding carboxylic acids is 1. The van der Waals surface area contributed by atoms with Crippen LogP contribution in [-0.4, -0.2) is 23.4 Å². The Hall–Kier alpha value is -1.38. The normalized spacial score (nSPS) is 12.3. The molecule has 1 rings (SSSR count). The Morgan fingerprint density at radius 2 is 2.05 bits per heavy atom. The number of unbranched alkanes of at least 4 members (excludes halogenated alkanes) is 1. The topological polar surface area (TPSA) is 20.3 Å². The first-order valence-corrected chi connectivity index (χ1v) is 7.08. The minimum absolute atomic E-state index is 0.138. The molecule has 0 radical (unpaired) electrons. The van der Waals surface area contributed by atoms with Gasteiger partial charge in [0, 0.05) is 12.6 Å². The van der Waals surface area contributed by atoms with E-state index in [0.717, 1.165) is 19.3 Å². The van der Waals surface area contributed by atoms with Crippen molar-refractivity contribution >= 4 is 5.91 Å². The third-order valence-electron chi connectivity index (χ3n) is 3.56. The first-order chi connectivity index (χ1) is 9.02. The molecule has 1 amide bonds. The summed E-state index contributed by atoms with van der Waals surface area (Å²) in [6.07, 6.45) is 2.85. The van der Waals surface area contributed by atoms with Gasteiger partial charge in [0.2, 0.25) is 0 Å². The van der Waals surface area contributed by atoms with Crippen LogP contribution in [0.4, 0.5) is 4.39 Å². The van der Waals surface area contributed by atoms with E-state index in [-0.39, 0.29) is 17.5 Å². The number of nitrogens with zero attached hydrogens (tertiary/aromatic N) is 1. The SMILES string of the molecule is CCCCN(C(=O)c1cccc(C)c1F)C(C)CC. The van der Waals surface area contributed by atoms with E-state index in [4.69, 9.17) is 0 Å². The van der Waals surface area contributed by atoms with Gasteiger partial charge in [0.05, 0.1) is 5.56 Å². The Balaban J connectivity index is 3.01. The number of benzene rings is 1. The second kappa shape index (κ2) is 7.27. The second-order valence-corrected chi connectivity index (χ2v) is 5.05.